The van der Waals surface area contributed by atoms with Crippen LogP contribution in [0.1, 0.15) is 11.3 Å². The topological polar surface area (TPSA) is 50.7 Å². The van der Waals surface area contributed by atoms with E-state index in [2.05, 4.69) is 27.1 Å². The summed E-state index contributed by atoms with van der Waals surface area (Å²) in [6.07, 6.45) is -2.76. The van der Waals surface area contributed by atoms with Gasteiger partial charge in [0, 0.05) is 12.1 Å². The number of nitrogens with zero attached hydrogens (tertiary/aromatic N) is 3. The van der Waals surface area contributed by atoms with E-state index in [0.717, 1.165) is 12.1 Å². The molecule has 2 rings (SSSR count). The number of halogens is 3. The lowest BCUT2D eigenvalue weighted by Crippen LogP contribution is -2.08. The first kappa shape index (κ1) is 15.0. The third-order valence-corrected chi connectivity index (χ3v) is 2.72. The van der Waals surface area contributed by atoms with Crippen molar-refractivity contribution < 1.29 is 13.2 Å². The molecule has 1 aromatic carbocycles. The van der Waals surface area contributed by atoms with Gasteiger partial charge in [-0.2, -0.15) is 13.2 Å². The summed E-state index contributed by atoms with van der Waals surface area (Å²) in [5, 5.41) is 10.7. The maximum absolute atomic E-state index is 12.7. The molecule has 1 heterocycles. The van der Waals surface area contributed by atoms with Crippen molar-refractivity contribution in [2.45, 2.75) is 13.1 Å². The van der Waals surface area contributed by atoms with Crippen LogP contribution >= 0.6 is 0 Å². The summed E-state index contributed by atoms with van der Waals surface area (Å²) in [4.78, 5) is 4.20. The van der Waals surface area contributed by atoms with Crippen molar-refractivity contribution in [3.05, 3.63) is 48.2 Å². The molecule has 0 spiro atoms. The van der Waals surface area contributed by atoms with Gasteiger partial charge in [0.15, 0.2) is 11.6 Å². The van der Waals surface area contributed by atoms with Crippen LogP contribution in [0.15, 0.2) is 36.9 Å². The maximum Gasteiger partial charge on any atom is 0.416 e. The number of hydrogen-bond acceptors (Lipinski definition) is 4. The smallest absolute Gasteiger partial charge is 0.365 e. The van der Waals surface area contributed by atoms with Crippen LogP contribution in [-0.4, -0.2) is 21.7 Å². The standard InChI is InChI=1S/C14H13F3N4/c1-3-7-18-12-9(2)20-21-13(19-12)10-5-4-6-11(8-10)14(15,16)17/h3-6,8H,1,7H2,2H3,(H,18,19,21). The summed E-state index contributed by atoms with van der Waals surface area (Å²) in [7, 11) is 0. The Morgan fingerprint density at radius 3 is 2.71 bits per heavy atom. The molecule has 1 aromatic heterocycles. The van der Waals surface area contributed by atoms with E-state index in [0.29, 0.717) is 18.1 Å². The molecule has 0 radical (unpaired) electrons. The fraction of sp³-hybridized carbons (Fsp3) is 0.214. The largest absolute Gasteiger partial charge is 0.416 e. The second-order valence-corrected chi connectivity index (χ2v) is 4.32. The molecule has 0 bridgehead atoms. The van der Waals surface area contributed by atoms with Crippen LogP contribution in [0, 0.1) is 6.92 Å². The van der Waals surface area contributed by atoms with Crippen molar-refractivity contribution in [1.82, 2.24) is 15.2 Å². The minimum atomic E-state index is -4.40. The van der Waals surface area contributed by atoms with E-state index >= 15 is 0 Å². The molecule has 0 aliphatic rings. The van der Waals surface area contributed by atoms with E-state index < -0.39 is 11.7 Å². The second-order valence-electron chi connectivity index (χ2n) is 4.32. The lowest BCUT2D eigenvalue weighted by atomic mass is 10.1. The minimum Gasteiger partial charge on any atom is -0.365 e. The summed E-state index contributed by atoms with van der Waals surface area (Å²) < 4.78 is 38.1. The minimum absolute atomic E-state index is 0.137. The molecule has 110 valence electrons. The van der Waals surface area contributed by atoms with E-state index in [1.54, 1.807) is 13.0 Å². The zero-order valence-corrected chi connectivity index (χ0v) is 11.3. The molecule has 0 unspecified atom stereocenters. The summed E-state index contributed by atoms with van der Waals surface area (Å²) >= 11 is 0. The lowest BCUT2D eigenvalue weighted by Gasteiger charge is -2.09. The van der Waals surface area contributed by atoms with Crippen molar-refractivity contribution >= 4 is 5.82 Å². The van der Waals surface area contributed by atoms with Gasteiger partial charge in [0.25, 0.3) is 0 Å². The van der Waals surface area contributed by atoms with Crippen molar-refractivity contribution in [2.24, 2.45) is 0 Å². The molecule has 0 aliphatic carbocycles. The molecular weight excluding hydrogens is 281 g/mol. The molecule has 0 saturated heterocycles. The van der Waals surface area contributed by atoms with Crippen LogP contribution in [0.25, 0.3) is 11.4 Å². The number of nitrogens with one attached hydrogen (secondary N) is 1. The first-order chi connectivity index (χ1) is 9.91. The van der Waals surface area contributed by atoms with Crippen LogP contribution in [0.5, 0.6) is 0 Å². The first-order valence-electron chi connectivity index (χ1n) is 6.15. The highest BCUT2D eigenvalue weighted by atomic mass is 19.4. The number of hydrogen-bond donors (Lipinski definition) is 1. The first-order valence-corrected chi connectivity index (χ1v) is 6.15. The van der Waals surface area contributed by atoms with Crippen molar-refractivity contribution in [3.63, 3.8) is 0 Å². The van der Waals surface area contributed by atoms with Gasteiger partial charge in [-0.1, -0.05) is 18.2 Å². The highest BCUT2D eigenvalue weighted by Gasteiger charge is 2.30. The third-order valence-electron chi connectivity index (χ3n) is 2.72. The summed E-state index contributed by atoms with van der Waals surface area (Å²) in [5.41, 5.74) is 0.0799. The van der Waals surface area contributed by atoms with Crippen LogP contribution in [0.4, 0.5) is 19.0 Å². The number of benzene rings is 1. The van der Waals surface area contributed by atoms with Crippen LogP contribution in [0.3, 0.4) is 0 Å². The van der Waals surface area contributed by atoms with Gasteiger partial charge in [-0.25, -0.2) is 4.98 Å². The Hall–Kier alpha value is -2.44. The Morgan fingerprint density at radius 1 is 1.29 bits per heavy atom. The third kappa shape index (κ3) is 3.56. The van der Waals surface area contributed by atoms with Gasteiger partial charge >= 0.3 is 6.18 Å². The van der Waals surface area contributed by atoms with Gasteiger partial charge in [0.05, 0.1) is 5.56 Å². The normalized spacial score (nSPS) is 11.2. The van der Waals surface area contributed by atoms with E-state index in [1.807, 2.05) is 0 Å². The summed E-state index contributed by atoms with van der Waals surface area (Å²) in [5.74, 6) is 0.607. The van der Waals surface area contributed by atoms with Gasteiger partial charge in [0.1, 0.15) is 5.69 Å². The van der Waals surface area contributed by atoms with E-state index in [-0.39, 0.29) is 11.4 Å². The molecule has 21 heavy (non-hydrogen) atoms. The van der Waals surface area contributed by atoms with Gasteiger partial charge in [0.2, 0.25) is 0 Å². The molecule has 0 fully saturated rings. The quantitative estimate of drug-likeness (QED) is 0.877. The SMILES string of the molecule is C=CCNc1nc(-c2cccc(C(F)(F)F)c2)nnc1C. The van der Waals surface area contributed by atoms with E-state index in [9.17, 15) is 13.2 Å². The van der Waals surface area contributed by atoms with Gasteiger partial charge in [-0.05, 0) is 19.1 Å². The average molecular weight is 294 g/mol. The molecule has 4 nitrogen and oxygen atoms in total. The second kappa shape index (κ2) is 5.90. The Morgan fingerprint density at radius 2 is 2.05 bits per heavy atom. The van der Waals surface area contributed by atoms with Gasteiger partial charge in [-0.3, -0.25) is 0 Å². The number of aryl methyl sites for hydroxylation is 1. The van der Waals surface area contributed by atoms with Crippen molar-refractivity contribution in [3.8, 4) is 11.4 Å². The number of aromatic nitrogens is 3. The highest BCUT2D eigenvalue weighted by molar-refractivity contribution is 5.58. The Labute approximate surface area is 119 Å². The monoisotopic (exact) mass is 294 g/mol. The van der Waals surface area contributed by atoms with Gasteiger partial charge in [-0.15, -0.1) is 16.8 Å². The lowest BCUT2D eigenvalue weighted by molar-refractivity contribution is -0.137. The van der Waals surface area contributed by atoms with E-state index in [1.165, 1.54) is 12.1 Å². The Bertz CT molecular complexity index is 653. The van der Waals surface area contributed by atoms with Crippen molar-refractivity contribution in [1.29, 1.82) is 0 Å². The van der Waals surface area contributed by atoms with Crippen molar-refractivity contribution in [2.75, 3.05) is 11.9 Å². The highest BCUT2D eigenvalue weighted by Crippen LogP contribution is 2.31. The molecule has 7 heteroatoms. The molecule has 0 aliphatic heterocycles. The molecular formula is C14H13F3N4. The summed E-state index contributed by atoms with van der Waals surface area (Å²) in [6, 6.07) is 4.84. The molecule has 2 aromatic rings. The molecule has 0 amide bonds. The predicted molar refractivity (Wildman–Crippen MR) is 73.7 cm³/mol. The fourth-order valence-corrected chi connectivity index (χ4v) is 1.67. The zero-order chi connectivity index (χ0) is 15.5. The van der Waals surface area contributed by atoms with Crippen LogP contribution in [-0.2, 0) is 6.18 Å². The number of anilines is 1. The molecule has 1 N–H and O–H groups in total. The number of alkyl halides is 3. The number of rotatable bonds is 4. The summed E-state index contributed by atoms with van der Waals surface area (Å²) in [6.45, 7) is 5.76. The Balaban J connectivity index is 2.40. The van der Waals surface area contributed by atoms with Crippen LogP contribution < -0.4 is 5.32 Å². The fourth-order valence-electron chi connectivity index (χ4n) is 1.67. The van der Waals surface area contributed by atoms with Gasteiger partial charge < -0.3 is 5.32 Å². The zero-order valence-electron chi connectivity index (χ0n) is 11.3. The van der Waals surface area contributed by atoms with E-state index in [4.69, 9.17) is 0 Å². The van der Waals surface area contributed by atoms with Crippen LogP contribution in [0.2, 0.25) is 0 Å². The predicted octanol–water partition coefficient (Wildman–Crippen LogP) is 3.46. The maximum atomic E-state index is 12.7. The average Bonchev–Trinajstić information content (AvgIpc) is 2.46. The Kier molecular flexibility index (Phi) is 4.21. The molecule has 0 atom stereocenters. The molecule has 0 saturated carbocycles.